The number of hydrogen-bond donors (Lipinski definition) is 4. The smallest absolute Gasteiger partial charge is 0.352 e. The van der Waals surface area contributed by atoms with Gasteiger partial charge >= 0.3 is 5.97 Å². The van der Waals surface area contributed by atoms with Crippen molar-refractivity contribution in [3.8, 4) is 0 Å². The molecule has 2 aromatic rings. The lowest BCUT2D eigenvalue weighted by molar-refractivity contribution is 0.0691. The van der Waals surface area contributed by atoms with E-state index in [1.807, 2.05) is 0 Å². The molecule has 8 heteroatoms. The topological polar surface area (TPSA) is 119 Å². The number of carboxylic acid groups (broad SMARTS) is 1. The molecule has 0 bridgehead atoms. The van der Waals surface area contributed by atoms with E-state index >= 15 is 0 Å². The largest absolute Gasteiger partial charge is 0.477 e. The summed E-state index contributed by atoms with van der Waals surface area (Å²) in [6.45, 7) is -0.0792. The van der Waals surface area contributed by atoms with Gasteiger partial charge in [-0.25, -0.2) is 17.9 Å². The number of carbonyl (C=O) groups is 1. The third kappa shape index (κ3) is 3.69. The van der Waals surface area contributed by atoms with Crippen LogP contribution in [0, 0.1) is 0 Å². The van der Waals surface area contributed by atoms with Crippen molar-refractivity contribution in [2.75, 3.05) is 0 Å². The Bertz CT molecular complexity index is 751. The zero-order chi connectivity index (χ0) is 15.5. The summed E-state index contributed by atoms with van der Waals surface area (Å²) in [5.41, 5.74) is 1.18. The predicted molar refractivity (Wildman–Crippen MR) is 74.1 cm³/mol. The maximum atomic E-state index is 12.0. The monoisotopic (exact) mass is 310 g/mol. The Hall–Kier alpha value is -2.16. The number of aromatic carboxylic acids is 1. The Labute approximate surface area is 121 Å². The van der Waals surface area contributed by atoms with Crippen molar-refractivity contribution in [3.63, 3.8) is 0 Å². The molecule has 0 saturated carbocycles. The van der Waals surface area contributed by atoms with Crippen molar-refractivity contribution in [1.82, 2.24) is 9.71 Å². The van der Waals surface area contributed by atoms with Gasteiger partial charge in [0.1, 0.15) is 10.6 Å². The highest BCUT2D eigenvalue weighted by molar-refractivity contribution is 7.89. The van der Waals surface area contributed by atoms with Gasteiger partial charge in [-0.15, -0.1) is 0 Å². The summed E-state index contributed by atoms with van der Waals surface area (Å²) in [6.07, 6.45) is 1.12. The summed E-state index contributed by atoms with van der Waals surface area (Å²) in [4.78, 5) is 13.0. The molecule has 1 aromatic carbocycles. The molecule has 0 aliphatic heterocycles. The molecule has 21 heavy (non-hydrogen) atoms. The summed E-state index contributed by atoms with van der Waals surface area (Å²) in [5, 5.41) is 17.8. The fraction of sp³-hybridized carbons (Fsp3) is 0.154. The van der Waals surface area contributed by atoms with E-state index in [0.29, 0.717) is 11.1 Å². The van der Waals surface area contributed by atoms with Crippen LogP contribution in [0.4, 0.5) is 0 Å². The van der Waals surface area contributed by atoms with Gasteiger partial charge < -0.3 is 15.2 Å². The number of aromatic amines is 1. The molecule has 7 nitrogen and oxygen atoms in total. The number of carboxylic acids is 1. The molecule has 0 radical (unpaired) electrons. The number of hydrogen-bond acceptors (Lipinski definition) is 4. The molecular weight excluding hydrogens is 296 g/mol. The average Bonchev–Trinajstić information content (AvgIpc) is 2.96. The number of aliphatic hydroxyl groups is 1. The number of rotatable bonds is 6. The van der Waals surface area contributed by atoms with Crippen LogP contribution in [-0.4, -0.2) is 29.6 Å². The Kier molecular flexibility index (Phi) is 4.41. The molecule has 1 heterocycles. The predicted octanol–water partition coefficient (Wildman–Crippen LogP) is 0.684. The van der Waals surface area contributed by atoms with E-state index in [1.54, 1.807) is 24.3 Å². The maximum Gasteiger partial charge on any atom is 0.352 e. The SMILES string of the molecule is O=C(O)c1cc(S(=O)(=O)NCc2cccc(CO)c2)c[nH]1. The number of benzene rings is 1. The van der Waals surface area contributed by atoms with E-state index in [1.165, 1.54) is 0 Å². The Morgan fingerprint density at radius 2 is 1.95 bits per heavy atom. The van der Waals surface area contributed by atoms with Crippen LogP contribution in [0.25, 0.3) is 0 Å². The van der Waals surface area contributed by atoms with Crippen LogP contribution in [0.1, 0.15) is 21.6 Å². The summed E-state index contributed by atoms with van der Waals surface area (Å²) >= 11 is 0. The van der Waals surface area contributed by atoms with Gasteiger partial charge in [-0.1, -0.05) is 24.3 Å². The van der Waals surface area contributed by atoms with E-state index in [9.17, 15) is 13.2 Å². The van der Waals surface area contributed by atoms with Gasteiger partial charge in [0.05, 0.1) is 6.61 Å². The van der Waals surface area contributed by atoms with Crippen LogP contribution < -0.4 is 4.72 Å². The van der Waals surface area contributed by atoms with Gasteiger partial charge in [-0.05, 0) is 17.2 Å². The summed E-state index contributed by atoms with van der Waals surface area (Å²) in [6, 6.07) is 7.90. The molecule has 0 atom stereocenters. The molecule has 0 aliphatic carbocycles. The molecule has 112 valence electrons. The van der Waals surface area contributed by atoms with E-state index < -0.39 is 16.0 Å². The molecule has 0 spiro atoms. The minimum absolute atomic E-state index is 0.0454. The normalized spacial score (nSPS) is 11.5. The van der Waals surface area contributed by atoms with Gasteiger partial charge in [0.25, 0.3) is 0 Å². The van der Waals surface area contributed by atoms with Crippen molar-refractivity contribution in [2.24, 2.45) is 0 Å². The molecule has 0 amide bonds. The standard InChI is InChI=1S/C13H14N2O5S/c16-8-10-3-1-2-9(4-10)6-15-21(19,20)11-5-12(13(17)18)14-7-11/h1-5,7,14-16H,6,8H2,(H,17,18). The van der Waals surface area contributed by atoms with Gasteiger partial charge in [0, 0.05) is 12.7 Å². The van der Waals surface area contributed by atoms with Crippen LogP contribution in [0.3, 0.4) is 0 Å². The highest BCUT2D eigenvalue weighted by Gasteiger charge is 2.17. The van der Waals surface area contributed by atoms with Crippen molar-refractivity contribution < 1.29 is 23.4 Å². The maximum absolute atomic E-state index is 12.0. The lowest BCUT2D eigenvalue weighted by Gasteiger charge is -2.06. The average molecular weight is 310 g/mol. The zero-order valence-corrected chi connectivity index (χ0v) is 11.7. The molecule has 0 aliphatic rings. The molecule has 4 N–H and O–H groups in total. The van der Waals surface area contributed by atoms with E-state index in [4.69, 9.17) is 10.2 Å². The summed E-state index contributed by atoms with van der Waals surface area (Å²) in [5.74, 6) is -1.23. The van der Waals surface area contributed by atoms with Crippen LogP contribution in [-0.2, 0) is 23.2 Å². The molecular formula is C13H14N2O5S. The number of aromatic nitrogens is 1. The number of aliphatic hydroxyl groups excluding tert-OH is 1. The molecule has 0 saturated heterocycles. The number of sulfonamides is 1. The first kappa shape index (κ1) is 15.2. The Morgan fingerprint density at radius 3 is 2.57 bits per heavy atom. The zero-order valence-electron chi connectivity index (χ0n) is 10.9. The van der Waals surface area contributed by atoms with Gasteiger partial charge in [-0.2, -0.15) is 0 Å². The van der Waals surface area contributed by atoms with Crippen LogP contribution in [0.5, 0.6) is 0 Å². The van der Waals surface area contributed by atoms with Crippen molar-refractivity contribution in [3.05, 3.63) is 53.3 Å². The third-order valence-corrected chi connectivity index (χ3v) is 4.22. The number of nitrogens with one attached hydrogen (secondary N) is 2. The quantitative estimate of drug-likeness (QED) is 0.625. The summed E-state index contributed by atoms with van der Waals surface area (Å²) < 4.78 is 26.4. The van der Waals surface area contributed by atoms with Crippen LogP contribution >= 0.6 is 0 Å². The number of H-pyrrole nitrogens is 1. The first-order valence-electron chi connectivity index (χ1n) is 6.02. The second-order valence-corrected chi connectivity index (χ2v) is 6.12. The molecule has 0 unspecified atom stereocenters. The van der Waals surface area contributed by atoms with Gasteiger partial charge in [-0.3, -0.25) is 0 Å². The van der Waals surface area contributed by atoms with Gasteiger partial charge in [0.2, 0.25) is 10.0 Å². The lowest BCUT2D eigenvalue weighted by atomic mass is 10.1. The second-order valence-electron chi connectivity index (χ2n) is 4.36. The fourth-order valence-corrected chi connectivity index (χ4v) is 2.76. The highest BCUT2D eigenvalue weighted by Crippen LogP contribution is 2.12. The first-order chi connectivity index (χ1) is 9.92. The Balaban J connectivity index is 2.11. The summed E-state index contributed by atoms with van der Waals surface area (Å²) in [7, 11) is -3.80. The minimum atomic E-state index is -3.80. The van der Waals surface area contributed by atoms with Gasteiger partial charge in [0.15, 0.2) is 0 Å². The van der Waals surface area contributed by atoms with E-state index in [-0.39, 0.29) is 23.7 Å². The highest BCUT2D eigenvalue weighted by atomic mass is 32.2. The lowest BCUT2D eigenvalue weighted by Crippen LogP contribution is -2.22. The minimum Gasteiger partial charge on any atom is -0.477 e. The van der Waals surface area contributed by atoms with Crippen LogP contribution in [0.15, 0.2) is 41.4 Å². The van der Waals surface area contributed by atoms with Crippen molar-refractivity contribution >= 4 is 16.0 Å². The second kappa shape index (κ2) is 6.08. The van der Waals surface area contributed by atoms with E-state index in [2.05, 4.69) is 9.71 Å². The van der Waals surface area contributed by atoms with E-state index in [0.717, 1.165) is 12.3 Å². The molecule has 2 rings (SSSR count). The first-order valence-corrected chi connectivity index (χ1v) is 7.51. The fourth-order valence-electron chi connectivity index (χ4n) is 1.75. The van der Waals surface area contributed by atoms with Crippen LogP contribution in [0.2, 0.25) is 0 Å². The van der Waals surface area contributed by atoms with Crippen molar-refractivity contribution in [2.45, 2.75) is 18.0 Å². The molecule has 0 fully saturated rings. The van der Waals surface area contributed by atoms with Crippen molar-refractivity contribution in [1.29, 1.82) is 0 Å². The molecule has 1 aromatic heterocycles. The Morgan fingerprint density at radius 1 is 1.24 bits per heavy atom. The third-order valence-electron chi connectivity index (χ3n) is 2.84.